The maximum Gasteiger partial charge on any atom is 0.264 e. The summed E-state index contributed by atoms with van der Waals surface area (Å²) in [5.41, 5.74) is 2.89. The molecule has 4 nitrogen and oxygen atoms in total. The molecule has 0 aliphatic carbocycles. The van der Waals surface area contributed by atoms with Gasteiger partial charge in [0.15, 0.2) is 11.7 Å². The van der Waals surface area contributed by atoms with E-state index in [1.165, 1.54) is 11.3 Å². The SMILES string of the molecule is CCc1ccccc1OCC(=O)Nc1nc(-c2ccc(Cl)cc2)c(C)s1. The van der Waals surface area contributed by atoms with Crippen molar-refractivity contribution in [1.29, 1.82) is 0 Å². The monoisotopic (exact) mass is 386 g/mol. The zero-order chi connectivity index (χ0) is 18.5. The molecule has 1 amide bonds. The Bertz CT molecular complexity index is 906. The van der Waals surface area contributed by atoms with E-state index in [4.69, 9.17) is 16.3 Å². The molecule has 1 aromatic heterocycles. The van der Waals surface area contributed by atoms with Crippen LogP contribution in [-0.4, -0.2) is 17.5 Å². The average molecular weight is 387 g/mol. The number of nitrogens with one attached hydrogen (secondary N) is 1. The average Bonchev–Trinajstić information content (AvgIpc) is 3.01. The number of carbonyl (C=O) groups excluding carboxylic acids is 1. The summed E-state index contributed by atoms with van der Waals surface area (Å²) in [6.45, 7) is 3.98. The summed E-state index contributed by atoms with van der Waals surface area (Å²) in [5, 5.41) is 4.05. The van der Waals surface area contributed by atoms with Gasteiger partial charge in [-0.25, -0.2) is 4.98 Å². The molecular weight excluding hydrogens is 368 g/mol. The topological polar surface area (TPSA) is 51.2 Å². The third-order valence-electron chi connectivity index (χ3n) is 3.87. The molecule has 6 heteroatoms. The van der Waals surface area contributed by atoms with Gasteiger partial charge in [0, 0.05) is 15.5 Å². The van der Waals surface area contributed by atoms with Crippen LogP contribution in [0, 0.1) is 6.92 Å². The molecule has 2 aromatic carbocycles. The van der Waals surface area contributed by atoms with Crippen LogP contribution in [0.4, 0.5) is 5.13 Å². The van der Waals surface area contributed by atoms with Gasteiger partial charge in [0.1, 0.15) is 5.75 Å². The minimum absolute atomic E-state index is 0.0497. The van der Waals surface area contributed by atoms with Crippen LogP contribution < -0.4 is 10.1 Å². The molecule has 0 saturated heterocycles. The Kier molecular flexibility index (Phi) is 5.91. The number of halogens is 1. The molecule has 0 saturated carbocycles. The third kappa shape index (κ3) is 4.42. The molecule has 0 unspecified atom stereocenters. The maximum absolute atomic E-state index is 12.2. The van der Waals surface area contributed by atoms with Gasteiger partial charge in [-0.05, 0) is 37.1 Å². The van der Waals surface area contributed by atoms with Crippen LogP contribution in [0.1, 0.15) is 17.4 Å². The number of carbonyl (C=O) groups is 1. The number of hydrogen-bond acceptors (Lipinski definition) is 4. The second-order valence-electron chi connectivity index (χ2n) is 5.73. The molecule has 0 radical (unpaired) electrons. The molecule has 1 N–H and O–H groups in total. The number of thiazole rings is 1. The van der Waals surface area contributed by atoms with E-state index in [9.17, 15) is 4.79 Å². The van der Waals surface area contributed by atoms with Crippen molar-refractivity contribution in [2.45, 2.75) is 20.3 Å². The number of anilines is 1. The number of aromatic nitrogens is 1. The Morgan fingerprint density at radius 1 is 1.19 bits per heavy atom. The van der Waals surface area contributed by atoms with Crippen molar-refractivity contribution in [3.8, 4) is 17.0 Å². The lowest BCUT2D eigenvalue weighted by atomic mass is 10.1. The Hall–Kier alpha value is -2.37. The molecule has 3 rings (SSSR count). The number of nitrogens with zero attached hydrogens (tertiary/aromatic N) is 1. The van der Waals surface area contributed by atoms with Crippen LogP contribution in [0.25, 0.3) is 11.3 Å². The van der Waals surface area contributed by atoms with Crippen LogP contribution in [0.15, 0.2) is 48.5 Å². The fourth-order valence-electron chi connectivity index (χ4n) is 2.56. The minimum atomic E-state index is -0.229. The van der Waals surface area contributed by atoms with E-state index >= 15 is 0 Å². The summed E-state index contributed by atoms with van der Waals surface area (Å²) in [5.74, 6) is 0.509. The Labute approximate surface area is 161 Å². The molecule has 0 fully saturated rings. The minimum Gasteiger partial charge on any atom is -0.483 e. The van der Waals surface area contributed by atoms with Crippen molar-refractivity contribution >= 4 is 34.0 Å². The summed E-state index contributed by atoms with van der Waals surface area (Å²) >= 11 is 7.37. The molecule has 0 bridgehead atoms. The fourth-order valence-corrected chi connectivity index (χ4v) is 3.54. The van der Waals surface area contributed by atoms with Gasteiger partial charge >= 0.3 is 0 Å². The van der Waals surface area contributed by atoms with E-state index < -0.39 is 0 Å². The summed E-state index contributed by atoms with van der Waals surface area (Å²) in [6.07, 6.45) is 0.855. The van der Waals surface area contributed by atoms with Crippen molar-refractivity contribution in [1.82, 2.24) is 4.98 Å². The summed E-state index contributed by atoms with van der Waals surface area (Å²) in [7, 11) is 0. The van der Waals surface area contributed by atoms with E-state index in [1.54, 1.807) is 0 Å². The van der Waals surface area contributed by atoms with Gasteiger partial charge in [-0.1, -0.05) is 48.9 Å². The van der Waals surface area contributed by atoms with E-state index in [-0.39, 0.29) is 12.5 Å². The molecule has 1 heterocycles. The second kappa shape index (κ2) is 8.34. The van der Waals surface area contributed by atoms with Crippen molar-refractivity contribution in [2.24, 2.45) is 0 Å². The highest BCUT2D eigenvalue weighted by atomic mass is 35.5. The Morgan fingerprint density at radius 3 is 2.65 bits per heavy atom. The zero-order valence-electron chi connectivity index (χ0n) is 14.6. The van der Waals surface area contributed by atoms with Crippen LogP contribution >= 0.6 is 22.9 Å². The lowest BCUT2D eigenvalue weighted by molar-refractivity contribution is -0.118. The van der Waals surface area contributed by atoms with Gasteiger partial charge in [0.05, 0.1) is 5.69 Å². The van der Waals surface area contributed by atoms with E-state index in [0.717, 1.165) is 33.9 Å². The smallest absolute Gasteiger partial charge is 0.264 e. The highest BCUT2D eigenvalue weighted by Crippen LogP contribution is 2.31. The highest BCUT2D eigenvalue weighted by molar-refractivity contribution is 7.16. The van der Waals surface area contributed by atoms with E-state index in [1.807, 2.05) is 55.5 Å². The largest absolute Gasteiger partial charge is 0.483 e. The molecule has 3 aromatic rings. The van der Waals surface area contributed by atoms with Gasteiger partial charge in [-0.3, -0.25) is 10.1 Å². The number of para-hydroxylation sites is 1. The standard InChI is InChI=1S/C20H19ClN2O2S/c1-3-14-6-4-5-7-17(14)25-12-18(24)22-20-23-19(13(2)26-20)15-8-10-16(21)11-9-15/h4-11H,3,12H2,1-2H3,(H,22,23,24). The predicted molar refractivity (Wildman–Crippen MR) is 107 cm³/mol. The molecule has 0 atom stereocenters. The number of rotatable bonds is 6. The molecule has 0 aliphatic heterocycles. The van der Waals surface area contributed by atoms with Gasteiger partial charge in [-0.2, -0.15) is 0 Å². The van der Waals surface area contributed by atoms with Crippen LogP contribution in [-0.2, 0) is 11.2 Å². The lowest BCUT2D eigenvalue weighted by Gasteiger charge is -2.09. The van der Waals surface area contributed by atoms with Gasteiger partial charge in [-0.15, -0.1) is 11.3 Å². The van der Waals surface area contributed by atoms with Crippen molar-refractivity contribution in [3.63, 3.8) is 0 Å². The van der Waals surface area contributed by atoms with E-state index in [2.05, 4.69) is 17.2 Å². The highest BCUT2D eigenvalue weighted by Gasteiger charge is 2.13. The molecular formula is C20H19ClN2O2S. The first-order valence-electron chi connectivity index (χ1n) is 8.30. The zero-order valence-corrected chi connectivity index (χ0v) is 16.2. The van der Waals surface area contributed by atoms with Gasteiger partial charge in [0.25, 0.3) is 5.91 Å². The fraction of sp³-hybridized carbons (Fsp3) is 0.200. The molecule has 134 valence electrons. The van der Waals surface area contributed by atoms with Crippen molar-refractivity contribution in [2.75, 3.05) is 11.9 Å². The number of ether oxygens (including phenoxy) is 1. The van der Waals surface area contributed by atoms with Crippen LogP contribution in [0.5, 0.6) is 5.75 Å². The normalized spacial score (nSPS) is 10.6. The Balaban J connectivity index is 1.65. The van der Waals surface area contributed by atoms with E-state index in [0.29, 0.717) is 10.2 Å². The maximum atomic E-state index is 12.2. The first-order valence-corrected chi connectivity index (χ1v) is 9.50. The summed E-state index contributed by atoms with van der Waals surface area (Å²) in [6, 6.07) is 15.2. The predicted octanol–water partition coefficient (Wildman–Crippen LogP) is 5.35. The molecule has 0 aliphatic rings. The van der Waals surface area contributed by atoms with Gasteiger partial charge in [0.2, 0.25) is 0 Å². The van der Waals surface area contributed by atoms with Crippen molar-refractivity contribution < 1.29 is 9.53 Å². The molecule has 0 spiro atoms. The summed E-state index contributed by atoms with van der Waals surface area (Å²) in [4.78, 5) is 17.8. The number of benzene rings is 2. The van der Waals surface area contributed by atoms with Crippen LogP contribution in [0.2, 0.25) is 5.02 Å². The second-order valence-corrected chi connectivity index (χ2v) is 7.37. The lowest BCUT2D eigenvalue weighted by Crippen LogP contribution is -2.20. The Morgan fingerprint density at radius 2 is 1.92 bits per heavy atom. The number of aryl methyl sites for hydroxylation is 2. The van der Waals surface area contributed by atoms with Gasteiger partial charge < -0.3 is 4.74 Å². The first kappa shape index (κ1) is 18.4. The molecule has 26 heavy (non-hydrogen) atoms. The third-order valence-corrected chi connectivity index (χ3v) is 5.01. The quantitative estimate of drug-likeness (QED) is 0.621. The van der Waals surface area contributed by atoms with Crippen molar-refractivity contribution in [3.05, 3.63) is 64.0 Å². The number of hydrogen-bond donors (Lipinski definition) is 1. The first-order chi connectivity index (χ1) is 12.6. The van der Waals surface area contributed by atoms with Crippen LogP contribution in [0.3, 0.4) is 0 Å². The number of amides is 1. The summed E-state index contributed by atoms with van der Waals surface area (Å²) < 4.78 is 5.65.